The van der Waals surface area contributed by atoms with Gasteiger partial charge in [-0.15, -0.1) is 0 Å². The van der Waals surface area contributed by atoms with E-state index in [0.29, 0.717) is 5.56 Å². The molecule has 1 aliphatic rings. The van der Waals surface area contributed by atoms with E-state index >= 15 is 0 Å². The lowest BCUT2D eigenvalue weighted by atomic mass is 10.0. The summed E-state index contributed by atoms with van der Waals surface area (Å²) in [5, 5.41) is 2.38. The fraction of sp³-hybridized carbons (Fsp3) is 0.0435. The third kappa shape index (κ3) is 3.97. The molecule has 0 saturated heterocycles. The number of carbonyl (C=O) groups excluding carboxylic acids is 2. The molecule has 1 aliphatic heterocycles. The number of alkyl halides is 3. The minimum absolute atomic E-state index is 0.0246. The Hall–Kier alpha value is -3.65. The van der Waals surface area contributed by atoms with Crippen molar-refractivity contribution in [1.82, 2.24) is 0 Å². The molecular formula is C23H13ClF4N2O2. The molecule has 0 radical (unpaired) electrons. The van der Waals surface area contributed by atoms with Gasteiger partial charge in [0.1, 0.15) is 11.5 Å². The second kappa shape index (κ2) is 8.12. The molecule has 3 aromatic rings. The number of halogens is 5. The summed E-state index contributed by atoms with van der Waals surface area (Å²) in [6, 6.07) is 15.8. The molecule has 9 heteroatoms. The van der Waals surface area contributed by atoms with Crippen LogP contribution in [0.1, 0.15) is 11.1 Å². The van der Waals surface area contributed by atoms with Gasteiger partial charge in [0.2, 0.25) is 0 Å². The lowest BCUT2D eigenvalue weighted by molar-refractivity contribution is -0.137. The minimum Gasteiger partial charge on any atom is -0.350 e. The summed E-state index contributed by atoms with van der Waals surface area (Å²) in [4.78, 5) is 27.2. The van der Waals surface area contributed by atoms with Crippen LogP contribution in [0.2, 0.25) is 5.02 Å². The number of rotatable bonds is 4. The molecule has 4 nitrogen and oxygen atoms in total. The molecule has 0 spiro atoms. The number of nitrogens with zero attached hydrogens (tertiary/aromatic N) is 1. The van der Waals surface area contributed by atoms with Crippen molar-refractivity contribution in [3.8, 4) is 0 Å². The Kier molecular flexibility index (Phi) is 5.48. The van der Waals surface area contributed by atoms with Gasteiger partial charge in [-0.1, -0.05) is 48.0 Å². The first kappa shape index (κ1) is 21.6. The number of hydrogen-bond donors (Lipinski definition) is 1. The monoisotopic (exact) mass is 460 g/mol. The molecule has 0 unspecified atom stereocenters. The third-order valence-electron chi connectivity index (χ3n) is 4.77. The molecule has 2 amide bonds. The zero-order valence-corrected chi connectivity index (χ0v) is 16.8. The van der Waals surface area contributed by atoms with Gasteiger partial charge >= 0.3 is 6.18 Å². The smallest absolute Gasteiger partial charge is 0.350 e. The van der Waals surface area contributed by atoms with E-state index in [1.807, 2.05) is 0 Å². The van der Waals surface area contributed by atoms with Crippen molar-refractivity contribution in [2.75, 3.05) is 10.2 Å². The number of anilines is 2. The van der Waals surface area contributed by atoms with Crippen molar-refractivity contribution in [3.05, 3.63) is 100 Å². The second-order valence-corrected chi connectivity index (χ2v) is 7.27. The van der Waals surface area contributed by atoms with Crippen LogP contribution in [0.5, 0.6) is 0 Å². The predicted molar refractivity (Wildman–Crippen MR) is 112 cm³/mol. The Labute approximate surface area is 184 Å². The Bertz CT molecular complexity index is 1260. The van der Waals surface area contributed by atoms with E-state index in [4.69, 9.17) is 11.6 Å². The first-order valence-corrected chi connectivity index (χ1v) is 9.62. The van der Waals surface area contributed by atoms with Gasteiger partial charge in [-0.25, -0.2) is 9.29 Å². The van der Waals surface area contributed by atoms with Gasteiger partial charge in [-0.3, -0.25) is 9.59 Å². The van der Waals surface area contributed by atoms with Crippen molar-refractivity contribution < 1.29 is 27.2 Å². The summed E-state index contributed by atoms with van der Waals surface area (Å²) in [7, 11) is 0. The average Bonchev–Trinajstić information content (AvgIpc) is 3.00. The largest absolute Gasteiger partial charge is 0.416 e. The molecule has 1 heterocycles. The van der Waals surface area contributed by atoms with Crippen LogP contribution in [-0.4, -0.2) is 11.8 Å². The molecule has 162 valence electrons. The van der Waals surface area contributed by atoms with Crippen molar-refractivity contribution in [1.29, 1.82) is 0 Å². The van der Waals surface area contributed by atoms with E-state index in [1.54, 1.807) is 30.3 Å². The molecule has 1 N–H and O–H groups in total. The van der Waals surface area contributed by atoms with Crippen LogP contribution < -0.4 is 10.2 Å². The van der Waals surface area contributed by atoms with Gasteiger partial charge < -0.3 is 5.32 Å². The highest BCUT2D eigenvalue weighted by atomic mass is 35.5. The Morgan fingerprint density at radius 3 is 2.22 bits per heavy atom. The van der Waals surface area contributed by atoms with Crippen molar-refractivity contribution in [2.45, 2.75) is 6.18 Å². The maximum Gasteiger partial charge on any atom is 0.416 e. The van der Waals surface area contributed by atoms with Gasteiger partial charge in [0, 0.05) is 5.69 Å². The summed E-state index contributed by atoms with van der Waals surface area (Å²) < 4.78 is 52.9. The maximum atomic E-state index is 13.6. The number of imide groups is 1. The van der Waals surface area contributed by atoms with Crippen LogP contribution >= 0.6 is 11.6 Å². The fourth-order valence-electron chi connectivity index (χ4n) is 3.29. The molecule has 3 aromatic carbocycles. The van der Waals surface area contributed by atoms with Crippen LogP contribution in [0.4, 0.5) is 28.9 Å². The van der Waals surface area contributed by atoms with Gasteiger partial charge in [0.25, 0.3) is 11.8 Å². The number of nitrogens with one attached hydrogen (secondary N) is 1. The molecule has 0 aromatic heterocycles. The third-order valence-corrected chi connectivity index (χ3v) is 5.06. The van der Waals surface area contributed by atoms with Crippen molar-refractivity contribution in [2.24, 2.45) is 0 Å². The van der Waals surface area contributed by atoms with Crippen LogP contribution in [0, 0.1) is 5.82 Å². The van der Waals surface area contributed by atoms with E-state index in [2.05, 4.69) is 5.32 Å². The van der Waals surface area contributed by atoms with Crippen molar-refractivity contribution in [3.63, 3.8) is 0 Å². The molecule has 0 bridgehead atoms. The van der Waals surface area contributed by atoms with Crippen LogP contribution in [0.15, 0.2) is 78.5 Å². The Morgan fingerprint density at radius 2 is 1.56 bits per heavy atom. The highest BCUT2D eigenvalue weighted by Gasteiger charge is 2.40. The molecule has 0 fully saturated rings. The predicted octanol–water partition coefficient (Wildman–Crippen LogP) is 5.89. The van der Waals surface area contributed by atoms with Gasteiger partial charge in [-0.2, -0.15) is 13.2 Å². The molecule has 0 aliphatic carbocycles. The van der Waals surface area contributed by atoms with E-state index in [0.717, 1.165) is 29.2 Å². The van der Waals surface area contributed by atoms with Gasteiger partial charge in [0.05, 0.1) is 21.8 Å². The lowest BCUT2D eigenvalue weighted by Gasteiger charge is -2.16. The summed E-state index contributed by atoms with van der Waals surface area (Å²) in [5.41, 5.74) is -0.766. The molecule has 4 rings (SSSR count). The summed E-state index contributed by atoms with van der Waals surface area (Å²) >= 11 is 5.81. The molecular weight excluding hydrogens is 448 g/mol. The quantitative estimate of drug-likeness (QED) is 0.390. The summed E-state index contributed by atoms with van der Waals surface area (Å²) in [6.07, 6.45) is -4.58. The van der Waals surface area contributed by atoms with Gasteiger partial charge in [0.15, 0.2) is 0 Å². The number of hydrogen-bond acceptors (Lipinski definition) is 3. The van der Waals surface area contributed by atoms with Crippen LogP contribution in [-0.2, 0) is 15.8 Å². The van der Waals surface area contributed by atoms with Gasteiger partial charge in [-0.05, 0) is 42.0 Å². The normalized spacial score (nSPS) is 14.3. The van der Waals surface area contributed by atoms with E-state index in [-0.39, 0.29) is 27.7 Å². The SMILES string of the molecule is O=C1C(Nc2cccc(C(F)(F)F)c2)=C(c2ccccc2)C(=O)N1c1ccc(F)c(Cl)c1. The molecule has 0 atom stereocenters. The van der Waals surface area contributed by atoms with E-state index < -0.39 is 29.4 Å². The maximum absolute atomic E-state index is 13.6. The highest BCUT2D eigenvalue weighted by Crippen LogP contribution is 2.36. The van der Waals surface area contributed by atoms with E-state index in [1.165, 1.54) is 18.2 Å². The number of carbonyl (C=O) groups is 2. The Balaban J connectivity index is 1.81. The topological polar surface area (TPSA) is 49.4 Å². The zero-order valence-electron chi connectivity index (χ0n) is 16.1. The van der Waals surface area contributed by atoms with E-state index in [9.17, 15) is 27.2 Å². The first-order valence-electron chi connectivity index (χ1n) is 9.24. The number of benzene rings is 3. The highest BCUT2D eigenvalue weighted by molar-refractivity contribution is 6.46. The van der Waals surface area contributed by atoms with Crippen molar-refractivity contribution >= 4 is 40.4 Å². The van der Waals surface area contributed by atoms with Crippen LogP contribution in [0.3, 0.4) is 0 Å². The standard InChI is InChI=1S/C23H13ClF4N2O2/c24-17-12-16(9-10-18(17)25)30-21(31)19(13-5-2-1-3-6-13)20(22(30)32)29-15-8-4-7-14(11-15)23(26,27)28/h1-12,29H. The lowest BCUT2D eigenvalue weighted by Crippen LogP contribution is -2.32. The van der Waals surface area contributed by atoms with Crippen LogP contribution in [0.25, 0.3) is 5.57 Å². The number of amides is 2. The average molecular weight is 461 g/mol. The second-order valence-electron chi connectivity index (χ2n) is 6.86. The molecule has 32 heavy (non-hydrogen) atoms. The Morgan fingerprint density at radius 1 is 0.844 bits per heavy atom. The fourth-order valence-corrected chi connectivity index (χ4v) is 3.47. The molecule has 0 saturated carbocycles. The summed E-state index contributed by atoms with van der Waals surface area (Å²) in [6.45, 7) is 0. The minimum atomic E-state index is -4.58. The zero-order chi connectivity index (χ0) is 23.0. The summed E-state index contributed by atoms with van der Waals surface area (Å²) in [5.74, 6) is -2.26. The first-order chi connectivity index (χ1) is 15.2.